The van der Waals surface area contributed by atoms with E-state index < -0.39 is 0 Å². The van der Waals surface area contributed by atoms with Crippen LogP contribution in [0.4, 0.5) is 0 Å². The van der Waals surface area contributed by atoms with Crippen LogP contribution in [0, 0.1) is 5.92 Å². The van der Waals surface area contributed by atoms with Crippen molar-refractivity contribution >= 4 is 5.78 Å². The predicted octanol–water partition coefficient (Wildman–Crippen LogP) is 4.11. The lowest BCUT2D eigenvalue weighted by atomic mass is 9.85. The maximum atomic E-state index is 13.0. The van der Waals surface area contributed by atoms with Crippen LogP contribution in [0.1, 0.15) is 48.5 Å². The Labute approximate surface area is 155 Å². The zero-order chi connectivity index (χ0) is 17.9. The van der Waals surface area contributed by atoms with Crippen LogP contribution in [-0.4, -0.2) is 34.4 Å². The van der Waals surface area contributed by atoms with E-state index in [0.29, 0.717) is 24.6 Å². The lowest BCUT2D eigenvalue weighted by Crippen LogP contribution is -2.44. The smallest absolute Gasteiger partial charge is 0.213 e. The van der Waals surface area contributed by atoms with Gasteiger partial charge in [0.1, 0.15) is 0 Å². The highest BCUT2D eigenvalue weighted by molar-refractivity contribution is 5.97. The number of ether oxygens (including phenoxy) is 1. The van der Waals surface area contributed by atoms with Crippen LogP contribution < -0.4 is 4.74 Å². The van der Waals surface area contributed by atoms with Crippen LogP contribution in [-0.2, 0) is 6.54 Å². The van der Waals surface area contributed by atoms with Gasteiger partial charge in [-0.15, -0.1) is 0 Å². The second-order valence-electron chi connectivity index (χ2n) is 7.39. The molecule has 4 nitrogen and oxygen atoms in total. The topological polar surface area (TPSA) is 42.4 Å². The van der Waals surface area contributed by atoms with Crippen LogP contribution in [0.2, 0.25) is 0 Å². The number of nitrogens with zero attached hydrogens (tertiary/aromatic N) is 2. The first kappa shape index (κ1) is 17.2. The molecule has 1 aromatic carbocycles. The van der Waals surface area contributed by atoms with E-state index in [1.54, 1.807) is 12.3 Å². The Balaban J connectivity index is 1.42. The number of hydrogen-bond donors (Lipinski definition) is 0. The summed E-state index contributed by atoms with van der Waals surface area (Å²) in [5.74, 6) is 0.956. The zero-order valence-electron chi connectivity index (χ0n) is 15.3. The van der Waals surface area contributed by atoms with Crippen molar-refractivity contribution in [2.75, 3.05) is 6.61 Å². The third-order valence-corrected chi connectivity index (χ3v) is 5.78. The summed E-state index contributed by atoms with van der Waals surface area (Å²) in [6.45, 7) is 3.52. The third kappa shape index (κ3) is 3.51. The van der Waals surface area contributed by atoms with Crippen LogP contribution >= 0.6 is 0 Å². The summed E-state index contributed by atoms with van der Waals surface area (Å²) in [6, 6.07) is 15.4. The summed E-state index contributed by atoms with van der Waals surface area (Å²) < 4.78 is 5.37. The maximum absolute atomic E-state index is 13.0. The Morgan fingerprint density at radius 2 is 1.85 bits per heavy atom. The molecule has 2 aliphatic heterocycles. The van der Waals surface area contributed by atoms with Gasteiger partial charge in [-0.3, -0.25) is 9.69 Å². The van der Waals surface area contributed by atoms with E-state index in [4.69, 9.17) is 4.74 Å². The molecule has 1 aromatic heterocycles. The quantitative estimate of drug-likeness (QED) is 0.736. The molecule has 4 rings (SSSR count). The first-order valence-electron chi connectivity index (χ1n) is 9.67. The molecule has 0 amide bonds. The van der Waals surface area contributed by atoms with Gasteiger partial charge in [0.2, 0.25) is 5.88 Å². The van der Waals surface area contributed by atoms with E-state index in [1.807, 2.05) is 13.0 Å². The number of carbonyl (C=O) groups excluding carboxylic acids is 1. The molecule has 4 heteroatoms. The molecule has 136 valence electrons. The van der Waals surface area contributed by atoms with Crippen molar-refractivity contribution in [3.8, 4) is 5.88 Å². The number of benzene rings is 1. The van der Waals surface area contributed by atoms with Gasteiger partial charge in [-0.05, 0) is 44.2 Å². The molecule has 2 aliphatic rings. The van der Waals surface area contributed by atoms with E-state index in [2.05, 4.69) is 40.2 Å². The van der Waals surface area contributed by atoms with E-state index >= 15 is 0 Å². The molecule has 0 saturated carbocycles. The average Bonchev–Trinajstić information content (AvgIpc) is 2.90. The van der Waals surface area contributed by atoms with Gasteiger partial charge in [-0.2, -0.15) is 0 Å². The number of aromatic nitrogens is 1. The third-order valence-electron chi connectivity index (χ3n) is 5.78. The molecule has 2 saturated heterocycles. The van der Waals surface area contributed by atoms with Gasteiger partial charge in [0.25, 0.3) is 0 Å². The fourth-order valence-electron chi connectivity index (χ4n) is 4.54. The number of piperidine rings is 1. The number of pyridine rings is 1. The number of Topliss-reactive ketones (excluding diaryl/α,β-unsaturated/α-hetero) is 1. The van der Waals surface area contributed by atoms with Gasteiger partial charge >= 0.3 is 0 Å². The molecule has 3 heterocycles. The Kier molecular flexibility index (Phi) is 5.02. The Bertz CT molecular complexity index is 730. The van der Waals surface area contributed by atoms with E-state index in [0.717, 1.165) is 24.9 Å². The molecule has 2 unspecified atom stereocenters. The Hall–Kier alpha value is -2.20. The second kappa shape index (κ2) is 7.58. The summed E-state index contributed by atoms with van der Waals surface area (Å²) in [5.41, 5.74) is 2.08. The molecule has 2 bridgehead atoms. The Morgan fingerprint density at radius 1 is 1.12 bits per heavy atom. The van der Waals surface area contributed by atoms with Crippen LogP contribution in [0.15, 0.2) is 48.7 Å². The molecule has 0 N–H and O–H groups in total. The lowest BCUT2D eigenvalue weighted by Gasteiger charge is -2.38. The minimum Gasteiger partial charge on any atom is -0.478 e. The first-order chi connectivity index (χ1) is 12.7. The van der Waals surface area contributed by atoms with Gasteiger partial charge in [-0.1, -0.05) is 30.3 Å². The lowest BCUT2D eigenvalue weighted by molar-refractivity contribution is 0.0678. The Morgan fingerprint density at radius 3 is 2.46 bits per heavy atom. The molecule has 0 spiro atoms. The molecule has 2 atom stereocenters. The molecule has 2 aromatic rings. The average molecular weight is 350 g/mol. The van der Waals surface area contributed by atoms with Crippen molar-refractivity contribution in [3.05, 3.63) is 59.8 Å². The zero-order valence-corrected chi connectivity index (χ0v) is 15.3. The van der Waals surface area contributed by atoms with E-state index in [1.165, 1.54) is 18.4 Å². The molecule has 0 radical (unpaired) electrons. The van der Waals surface area contributed by atoms with Crippen LogP contribution in [0.25, 0.3) is 0 Å². The van der Waals surface area contributed by atoms with Gasteiger partial charge in [0.05, 0.1) is 6.61 Å². The van der Waals surface area contributed by atoms with Crippen molar-refractivity contribution in [1.82, 2.24) is 9.88 Å². The first-order valence-corrected chi connectivity index (χ1v) is 9.67. The normalized spacial score (nSPS) is 25.2. The number of fused-ring (bicyclic) bond motifs is 2. The van der Waals surface area contributed by atoms with Gasteiger partial charge in [0.15, 0.2) is 5.78 Å². The largest absolute Gasteiger partial charge is 0.478 e. The number of rotatable bonds is 6. The number of carbonyl (C=O) groups is 1. The maximum Gasteiger partial charge on any atom is 0.213 e. The molecule has 0 aliphatic carbocycles. The molecule has 2 fully saturated rings. The molecule has 26 heavy (non-hydrogen) atoms. The van der Waals surface area contributed by atoms with Gasteiger partial charge in [-0.25, -0.2) is 4.98 Å². The van der Waals surface area contributed by atoms with Crippen LogP contribution in [0.3, 0.4) is 0 Å². The fraction of sp³-hybridized carbons (Fsp3) is 0.455. The standard InChI is InChI=1S/C22H26N2O2/c1-2-26-21-11-8-17(14-23-21)22(25)18-12-19-9-10-20(13-18)24(19)15-16-6-4-3-5-7-16/h3-8,11,14,18-20H,2,9-10,12-13,15H2,1H3. The highest BCUT2D eigenvalue weighted by atomic mass is 16.5. The summed E-state index contributed by atoms with van der Waals surface area (Å²) in [6.07, 6.45) is 6.03. The van der Waals surface area contributed by atoms with E-state index in [9.17, 15) is 4.79 Å². The number of ketones is 1. The van der Waals surface area contributed by atoms with Crippen molar-refractivity contribution in [3.63, 3.8) is 0 Å². The van der Waals surface area contributed by atoms with E-state index in [-0.39, 0.29) is 11.7 Å². The van der Waals surface area contributed by atoms with Crippen LogP contribution in [0.5, 0.6) is 5.88 Å². The summed E-state index contributed by atoms with van der Waals surface area (Å²) in [7, 11) is 0. The van der Waals surface area contributed by atoms with Crippen molar-refractivity contribution in [1.29, 1.82) is 0 Å². The monoisotopic (exact) mass is 350 g/mol. The highest BCUT2D eigenvalue weighted by Gasteiger charge is 2.42. The second-order valence-corrected chi connectivity index (χ2v) is 7.39. The van der Waals surface area contributed by atoms with Crippen molar-refractivity contribution in [2.24, 2.45) is 5.92 Å². The van der Waals surface area contributed by atoms with Crippen molar-refractivity contribution in [2.45, 2.75) is 51.2 Å². The molecular weight excluding hydrogens is 324 g/mol. The minimum absolute atomic E-state index is 0.124. The summed E-state index contributed by atoms with van der Waals surface area (Å²) >= 11 is 0. The summed E-state index contributed by atoms with van der Waals surface area (Å²) in [4.78, 5) is 19.8. The summed E-state index contributed by atoms with van der Waals surface area (Å²) in [5, 5.41) is 0. The molecular formula is C22H26N2O2. The fourth-order valence-corrected chi connectivity index (χ4v) is 4.54. The SMILES string of the molecule is CCOc1ccc(C(=O)C2CC3CCC(C2)N3Cc2ccccc2)cn1. The number of hydrogen-bond acceptors (Lipinski definition) is 4. The van der Waals surface area contributed by atoms with Gasteiger partial charge < -0.3 is 4.74 Å². The predicted molar refractivity (Wildman–Crippen MR) is 101 cm³/mol. The van der Waals surface area contributed by atoms with Gasteiger partial charge in [0, 0.05) is 42.4 Å². The highest BCUT2D eigenvalue weighted by Crippen LogP contribution is 2.40. The van der Waals surface area contributed by atoms with Crippen molar-refractivity contribution < 1.29 is 9.53 Å². The minimum atomic E-state index is 0.124.